The lowest BCUT2D eigenvalue weighted by atomic mass is 9.99. The smallest absolute Gasteiger partial charge is 0.411 e. The Morgan fingerprint density at radius 1 is 1.13 bits per heavy atom. The standard InChI is InChI=1S/C23H28N2O6/c1-22(2,3)31-21(28)25-14-17(13-23(25,4)20(26)27)30-19-12-8-11-18(24-19)29-15-16-9-6-5-7-10-16/h5-12,17H,13-15H2,1-4H3,(H,26,27)/t17-,23+/m1/s1. The highest BCUT2D eigenvalue weighted by Gasteiger charge is 2.52. The Kier molecular flexibility index (Phi) is 6.38. The minimum absolute atomic E-state index is 0.0779. The molecular formula is C23H28N2O6. The molecule has 1 aromatic heterocycles. The third kappa shape index (κ3) is 5.65. The van der Waals surface area contributed by atoms with Gasteiger partial charge in [-0.05, 0) is 33.3 Å². The average molecular weight is 428 g/mol. The zero-order valence-electron chi connectivity index (χ0n) is 18.2. The summed E-state index contributed by atoms with van der Waals surface area (Å²) in [7, 11) is 0. The molecule has 0 saturated carbocycles. The number of ether oxygens (including phenoxy) is 3. The van der Waals surface area contributed by atoms with E-state index in [9.17, 15) is 14.7 Å². The van der Waals surface area contributed by atoms with E-state index >= 15 is 0 Å². The van der Waals surface area contributed by atoms with Gasteiger partial charge in [0.15, 0.2) is 0 Å². The van der Waals surface area contributed by atoms with Gasteiger partial charge in [-0.1, -0.05) is 36.4 Å². The van der Waals surface area contributed by atoms with Gasteiger partial charge in [0.2, 0.25) is 11.8 Å². The van der Waals surface area contributed by atoms with E-state index in [0.29, 0.717) is 18.4 Å². The van der Waals surface area contributed by atoms with Crippen molar-refractivity contribution in [3.05, 3.63) is 54.1 Å². The van der Waals surface area contributed by atoms with Crippen LogP contribution in [0.2, 0.25) is 0 Å². The van der Waals surface area contributed by atoms with Crippen molar-refractivity contribution in [2.45, 2.75) is 58.0 Å². The number of aliphatic carboxylic acids is 1. The number of carbonyl (C=O) groups is 2. The molecule has 2 atom stereocenters. The summed E-state index contributed by atoms with van der Waals surface area (Å²) in [5, 5.41) is 9.76. The van der Waals surface area contributed by atoms with Crippen LogP contribution in [0.4, 0.5) is 4.79 Å². The summed E-state index contributed by atoms with van der Waals surface area (Å²) in [6.07, 6.45) is -1.12. The molecular weight excluding hydrogens is 400 g/mol. The molecule has 1 saturated heterocycles. The van der Waals surface area contributed by atoms with Crippen molar-refractivity contribution >= 4 is 12.1 Å². The summed E-state index contributed by atoms with van der Waals surface area (Å²) >= 11 is 0. The van der Waals surface area contributed by atoms with Gasteiger partial charge in [0.05, 0.1) is 6.54 Å². The number of carbonyl (C=O) groups excluding carboxylic acids is 1. The van der Waals surface area contributed by atoms with Crippen molar-refractivity contribution in [2.24, 2.45) is 0 Å². The summed E-state index contributed by atoms with van der Waals surface area (Å²) in [6.45, 7) is 7.14. The molecule has 1 N–H and O–H groups in total. The van der Waals surface area contributed by atoms with E-state index in [-0.39, 0.29) is 13.0 Å². The molecule has 166 valence electrons. The number of carboxylic acids is 1. The SMILES string of the molecule is CC(C)(C)OC(=O)N1C[C@H](Oc2cccc(OCc3ccccc3)n2)C[C@@]1(C)C(=O)O. The highest BCUT2D eigenvalue weighted by Crippen LogP contribution is 2.33. The molecule has 8 nitrogen and oxygen atoms in total. The maximum absolute atomic E-state index is 12.6. The largest absolute Gasteiger partial charge is 0.480 e. The van der Waals surface area contributed by atoms with E-state index in [2.05, 4.69) is 4.98 Å². The van der Waals surface area contributed by atoms with Gasteiger partial charge in [-0.15, -0.1) is 0 Å². The van der Waals surface area contributed by atoms with Crippen LogP contribution in [0.5, 0.6) is 11.8 Å². The van der Waals surface area contributed by atoms with E-state index in [1.807, 2.05) is 30.3 Å². The van der Waals surface area contributed by atoms with Crippen LogP contribution in [-0.2, 0) is 16.1 Å². The van der Waals surface area contributed by atoms with Crippen molar-refractivity contribution in [3.63, 3.8) is 0 Å². The van der Waals surface area contributed by atoms with E-state index < -0.39 is 29.3 Å². The molecule has 2 aromatic rings. The van der Waals surface area contributed by atoms with Gasteiger partial charge in [-0.25, -0.2) is 9.59 Å². The molecule has 1 amide bonds. The van der Waals surface area contributed by atoms with Crippen LogP contribution in [0, 0.1) is 0 Å². The van der Waals surface area contributed by atoms with Crippen molar-refractivity contribution < 1.29 is 28.9 Å². The zero-order chi connectivity index (χ0) is 22.6. The predicted octanol–water partition coefficient (Wildman–Crippen LogP) is 3.89. The lowest BCUT2D eigenvalue weighted by molar-refractivity contribution is -0.148. The maximum atomic E-state index is 12.6. The lowest BCUT2D eigenvalue weighted by Crippen LogP contribution is -2.52. The summed E-state index contributed by atoms with van der Waals surface area (Å²) in [5.74, 6) is -0.420. The Bertz CT molecular complexity index is 927. The number of carboxylic acid groups (broad SMARTS) is 1. The monoisotopic (exact) mass is 428 g/mol. The van der Waals surface area contributed by atoms with Crippen molar-refractivity contribution in [3.8, 4) is 11.8 Å². The number of amides is 1. The Morgan fingerprint density at radius 2 is 1.81 bits per heavy atom. The third-order valence-electron chi connectivity index (χ3n) is 4.90. The highest BCUT2D eigenvalue weighted by atomic mass is 16.6. The van der Waals surface area contributed by atoms with Crippen LogP contribution in [0.1, 0.15) is 39.7 Å². The molecule has 31 heavy (non-hydrogen) atoms. The molecule has 0 aliphatic carbocycles. The fourth-order valence-corrected chi connectivity index (χ4v) is 3.34. The maximum Gasteiger partial charge on any atom is 0.411 e. The third-order valence-corrected chi connectivity index (χ3v) is 4.90. The van der Waals surface area contributed by atoms with E-state index in [4.69, 9.17) is 14.2 Å². The number of nitrogens with zero attached hydrogens (tertiary/aromatic N) is 2. The van der Waals surface area contributed by atoms with Gasteiger partial charge in [0, 0.05) is 18.6 Å². The van der Waals surface area contributed by atoms with Crippen molar-refractivity contribution in [1.82, 2.24) is 9.88 Å². The fourth-order valence-electron chi connectivity index (χ4n) is 3.34. The van der Waals surface area contributed by atoms with Crippen LogP contribution in [0.25, 0.3) is 0 Å². The minimum atomic E-state index is -1.44. The average Bonchev–Trinajstić information content (AvgIpc) is 3.04. The molecule has 1 aliphatic heterocycles. The first-order chi connectivity index (χ1) is 14.6. The molecule has 2 heterocycles. The van der Waals surface area contributed by atoms with Crippen LogP contribution < -0.4 is 9.47 Å². The lowest BCUT2D eigenvalue weighted by Gasteiger charge is -2.32. The Labute approximate surface area is 181 Å². The first-order valence-corrected chi connectivity index (χ1v) is 10.1. The van der Waals surface area contributed by atoms with Gasteiger partial charge >= 0.3 is 12.1 Å². The summed E-state index contributed by atoms with van der Waals surface area (Å²) in [4.78, 5) is 30.1. The Hall–Kier alpha value is -3.29. The summed E-state index contributed by atoms with van der Waals surface area (Å²) in [6, 6.07) is 14.8. The molecule has 0 spiro atoms. The van der Waals surface area contributed by atoms with E-state index in [0.717, 1.165) is 5.56 Å². The molecule has 1 aliphatic rings. The van der Waals surface area contributed by atoms with Gasteiger partial charge in [0.1, 0.15) is 23.9 Å². The highest BCUT2D eigenvalue weighted by molar-refractivity contribution is 5.85. The molecule has 8 heteroatoms. The Balaban J connectivity index is 1.68. The van der Waals surface area contributed by atoms with Gasteiger partial charge in [-0.2, -0.15) is 4.98 Å². The molecule has 0 radical (unpaired) electrons. The van der Waals surface area contributed by atoms with Gasteiger partial charge < -0.3 is 19.3 Å². The van der Waals surface area contributed by atoms with E-state index in [1.165, 1.54) is 11.8 Å². The minimum Gasteiger partial charge on any atom is -0.480 e. The quantitative estimate of drug-likeness (QED) is 0.745. The van der Waals surface area contributed by atoms with Crippen LogP contribution in [-0.4, -0.2) is 50.8 Å². The fraction of sp³-hybridized carbons (Fsp3) is 0.435. The van der Waals surface area contributed by atoms with Gasteiger partial charge in [0.25, 0.3) is 0 Å². The summed E-state index contributed by atoms with van der Waals surface area (Å²) < 4.78 is 17.0. The molecule has 1 fully saturated rings. The van der Waals surface area contributed by atoms with Crippen molar-refractivity contribution in [2.75, 3.05) is 6.54 Å². The number of rotatable bonds is 6. The molecule has 1 aromatic carbocycles. The van der Waals surface area contributed by atoms with Crippen LogP contribution in [0.15, 0.2) is 48.5 Å². The number of pyridine rings is 1. The second-order valence-corrected chi connectivity index (χ2v) is 8.70. The topological polar surface area (TPSA) is 98.2 Å². The molecule has 3 rings (SSSR count). The zero-order valence-corrected chi connectivity index (χ0v) is 18.2. The number of aromatic nitrogens is 1. The van der Waals surface area contributed by atoms with Crippen LogP contribution in [0.3, 0.4) is 0 Å². The number of benzene rings is 1. The van der Waals surface area contributed by atoms with E-state index in [1.54, 1.807) is 39.0 Å². The Morgan fingerprint density at radius 3 is 2.45 bits per heavy atom. The summed E-state index contributed by atoms with van der Waals surface area (Å²) in [5.41, 5.74) is -1.16. The molecule has 0 bridgehead atoms. The van der Waals surface area contributed by atoms with Crippen molar-refractivity contribution in [1.29, 1.82) is 0 Å². The first kappa shape index (κ1) is 22.4. The number of hydrogen-bond donors (Lipinski definition) is 1. The second-order valence-electron chi connectivity index (χ2n) is 8.70. The number of likely N-dealkylation sites (tertiary alicyclic amines) is 1. The predicted molar refractivity (Wildman–Crippen MR) is 113 cm³/mol. The normalized spacial score (nSPS) is 20.9. The van der Waals surface area contributed by atoms with Crippen LogP contribution >= 0.6 is 0 Å². The number of hydrogen-bond acceptors (Lipinski definition) is 6. The molecule has 0 unspecified atom stereocenters. The first-order valence-electron chi connectivity index (χ1n) is 10.1. The second kappa shape index (κ2) is 8.83. The van der Waals surface area contributed by atoms with Gasteiger partial charge in [-0.3, -0.25) is 4.90 Å².